The van der Waals surface area contributed by atoms with Crippen LogP contribution in [0.2, 0.25) is 0 Å². The number of aliphatic hydroxyl groups excluding tert-OH is 1. The maximum absolute atomic E-state index is 12.4. The number of nitrogens with one attached hydrogen (secondary N) is 2. The number of alkyl halides is 3. The van der Waals surface area contributed by atoms with Crippen LogP contribution in [0.15, 0.2) is 24.3 Å². The van der Waals surface area contributed by atoms with Gasteiger partial charge in [-0.15, -0.1) is 13.2 Å². The molecule has 130 valence electrons. The summed E-state index contributed by atoms with van der Waals surface area (Å²) in [7, 11) is 0. The number of aromatic amines is 1. The summed E-state index contributed by atoms with van der Waals surface area (Å²) in [6, 6.07) is 5.39. The summed E-state index contributed by atoms with van der Waals surface area (Å²) < 4.78 is 40.7. The standard InChI is InChI=1S/C16H17F3N2O3/c17-16(18,19)24-11-4-3-10-7-13(20-12(10)8-11)14(23)21-15(9-22)5-1-2-6-15/h3-4,7-8,20,22H,1-2,5-6,9H2,(H,21,23). The molecule has 5 nitrogen and oxygen atoms in total. The highest BCUT2D eigenvalue weighted by molar-refractivity contribution is 5.98. The molecular weight excluding hydrogens is 325 g/mol. The van der Waals surface area contributed by atoms with E-state index in [4.69, 9.17) is 0 Å². The monoisotopic (exact) mass is 342 g/mol. The van der Waals surface area contributed by atoms with E-state index < -0.39 is 11.9 Å². The quantitative estimate of drug-likeness (QED) is 0.799. The van der Waals surface area contributed by atoms with Crippen molar-refractivity contribution in [2.75, 3.05) is 6.61 Å². The molecule has 0 bridgehead atoms. The number of amides is 1. The molecule has 1 heterocycles. The fraction of sp³-hybridized carbons (Fsp3) is 0.438. The van der Waals surface area contributed by atoms with Crippen molar-refractivity contribution in [1.82, 2.24) is 10.3 Å². The van der Waals surface area contributed by atoms with Crippen LogP contribution in [0.5, 0.6) is 5.75 Å². The summed E-state index contributed by atoms with van der Waals surface area (Å²) in [5.41, 5.74) is -0.0147. The van der Waals surface area contributed by atoms with Crippen LogP contribution in [0.25, 0.3) is 10.9 Å². The Morgan fingerprint density at radius 3 is 2.62 bits per heavy atom. The molecule has 0 unspecified atom stereocenters. The zero-order valence-corrected chi connectivity index (χ0v) is 12.7. The van der Waals surface area contributed by atoms with Crippen LogP contribution in [0.4, 0.5) is 13.2 Å². The third kappa shape index (κ3) is 3.48. The van der Waals surface area contributed by atoms with Crippen LogP contribution in [0.3, 0.4) is 0 Å². The molecule has 1 fully saturated rings. The van der Waals surface area contributed by atoms with Gasteiger partial charge in [0.1, 0.15) is 11.4 Å². The fourth-order valence-corrected chi connectivity index (χ4v) is 3.11. The normalized spacial score (nSPS) is 17.2. The van der Waals surface area contributed by atoms with Gasteiger partial charge in [-0.2, -0.15) is 0 Å². The Morgan fingerprint density at radius 2 is 2.00 bits per heavy atom. The number of rotatable bonds is 4. The van der Waals surface area contributed by atoms with Crippen molar-refractivity contribution in [2.24, 2.45) is 0 Å². The predicted octanol–water partition coefficient (Wildman–Crippen LogP) is 3.10. The molecule has 1 saturated carbocycles. The maximum Gasteiger partial charge on any atom is 0.573 e. The smallest absolute Gasteiger partial charge is 0.406 e. The molecule has 1 aliphatic rings. The number of hydrogen-bond donors (Lipinski definition) is 3. The average Bonchev–Trinajstić information content (AvgIpc) is 3.12. The first-order chi connectivity index (χ1) is 11.3. The zero-order chi connectivity index (χ0) is 17.4. The van der Waals surface area contributed by atoms with E-state index in [2.05, 4.69) is 15.0 Å². The van der Waals surface area contributed by atoms with Gasteiger partial charge in [0, 0.05) is 17.0 Å². The fourth-order valence-electron chi connectivity index (χ4n) is 3.11. The number of carbonyl (C=O) groups excluding carboxylic acids is 1. The van der Waals surface area contributed by atoms with E-state index in [1.54, 1.807) is 6.07 Å². The van der Waals surface area contributed by atoms with Gasteiger partial charge in [0.2, 0.25) is 0 Å². The Kier molecular flexibility index (Phi) is 4.16. The molecule has 3 rings (SSSR count). The Labute approximate surface area is 135 Å². The number of ether oxygens (including phenoxy) is 1. The van der Waals surface area contributed by atoms with E-state index in [1.807, 2.05) is 0 Å². The minimum atomic E-state index is -4.77. The molecule has 1 aromatic carbocycles. The molecule has 0 aliphatic heterocycles. The maximum atomic E-state index is 12.4. The van der Waals surface area contributed by atoms with Gasteiger partial charge in [-0.3, -0.25) is 4.79 Å². The Hall–Kier alpha value is -2.22. The molecule has 1 amide bonds. The van der Waals surface area contributed by atoms with E-state index in [0.29, 0.717) is 23.7 Å². The highest BCUT2D eigenvalue weighted by Gasteiger charge is 2.35. The Balaban J connectivity index is 1.81. The van der Waals surface area contributed by atoms with Crippen LogP contribution >= 0.6 is 0 Å². The molecule has 0 radical (unpaired) electrons. The molecule has 24 heavy (non-hydrogen) atoms. The van der Waals surface area contributed by atoms with Crippen molar-refractivity contribution >= 4 is 16.8 Å². The van der Waals surface area contributed by atoms with Crippen LogP contribution < -0.4 is 10.1 Å². The SMILES string of the molecule is O=C(NC1(CO)CCCC1)c1cc2ccc(OC(F)(F)F)cc2[nH]1. The highest BCUT2D eigenvalue weighted by atomic mass is 19.4. The van der Waals surface area contributed by atoms with Crippen molar-refractivity contribution in [3.8, 4) is 5.75 Å². The third-order valence-electron chi connectivity index (χ3n) is 4.31. The van der Waals surface area contributed by atoms with Crippen molar-refractivity contribution in [2.45, 2.75) is 37.6 Å². The van der Waals surface area contributed by atoms with E-state index in [9.17, 15) is 23.1 Å². The predicted molar refractivity (Wildman–Crippen MR) is 80.7 cm³/mol. The Bertz CT molecular complexity index is 749. The lowest BCUT2D eigenvalue weighted by atomic mass is 9.99. The van der Waals surface area contributed by atoms with E-state index >= 15 is 0 Å². The topological polar surface area (TPSA) is 74.3 Å². The van der Waals surface area contributed by atoms with E-state index in [0.717, 1.165) is 12.8 Å². The Morgan fingerprint density at radius 1 is 1.29 bits per heavy atom. The first-order valence-electron chi connectivity index (χ1n) is 7.62. The number of benzene rings is 1. The van der Waals surface area contributed by atoms with E-state index in [-0.39, 0.29) is 24.0 Å². The third-order valence-corrected chi connectivity index (χ3v) is 4.31. The number of hydrogen-bond acceptors (Lipinski definition) is 3. The second kappa shape index (κ2) is 6.01. The molecule has 8 heteroatoms. The van der Waals surface area contributed by atoms with Gasteiger partial charge in [0.25, 0.3) is 5.91 Å². The molecule has 2 aromatic rings. The number of H-pyrrole nitrogens is 1. The number of fused-ring (bicyclic) bond motifs is 1. The number of carbonyl (C=O) groups is 1. The molecule has 0 atom stereocenters. The minimum Gasteiger partial charge on any atom is -0.406 e. The zero-order valence-electron chi connectivity index (χ0n) is 12.7. The van der Waals surface area contributed by atoms with Gasteiger partial charge in [-0.25, -0.2) is 0 Å². The summed E-state index contributed by atoms with van der Waals surface area (Å²) in [6.07, 6.45) is -1.48. The summed E-state index contributed by atoms with van der Waals surface area (Å²) in [5, 5.41) is 13.0. The van der Waals surface area contributed by atoms with Crippen molar-refractivity contribution in [3.05, 3.63) is 30.0 Å². The van der Waals surface area contributed by atoms with Crippen molar-refractivity contribution in [3.63, 3.8) is 0 Å². The van der Waals surface area contributed by atoms with Crippen molar-refractivity contribution < 1.29 is 27.8 Å². The minimum absolute atomic E-state index is 0.136. The van der Waals surface area contributed by atoms with Crippen LogP contribution in [-0.2, 0) is 0 Å². The molecule has 0 spiro atoms. The van der Waals surface area contributed by atoms with Gasteiger partial charge >= 0.3 is 6.36 Å². The largest absolute Gasteiger partial charge is 0.573 e. The van der Waals surface area contributed by atoms with Crippen LogP contribution in [0.1, 0.15) is 36.2 Å². The van der Waals surface area contributed by atoms with Crippen LogP contribution in [0, 0.1) is 0 Å². The first kappa shape index (κ1) is 16.6. The first-order valence-corrected chi connectivity index (χ1v) is 7.62. The molecule has 3 N–H and O–H groups in total. The highest BCUT2D eigenvalue weighted by Crippen LogP contribution is 2.30. The molecule has 0 saturated heterocycles. The van der Waals surface area contributed by atoms with Gasteiger partial charge in [0.05, 0.1) is 12.1 Å². The number of aliphatic hydroxyl groups is 1. The summed E-state index contributed by atoms with van der Waals surface area (Å²) in [5.74, 6) is -0.744. The van der Waals surface area contributed by atoms with Crippen LogP contribution in [-0.4, -0.2) is 34.5 Å². The summed E-state index contributed by atoms with van der Waals surface area (Å²) in [6.45, 7) is -0.136. The number of halogens is 3. The summed E-state index contributed by atoms with van der Waals surface area (Å²) in [4.78, 5) is 15.2. The summed E-state index contributed by atoms with van der Waals surface area (Å²) >= 11 is 0. The second-order valence-corrected chi connectivity index (χ2v) is 6.08. The molecular formula is C16H17F3N2O3. The average molecular weight is 342 g/mol. The van der Waals surface area contributed by atoms with Gasteiger partial charge < -0.3 is 20.1 Å². The van der Waals surface area contributed by atoms with Crippen molar-refractivity contribution in [1.29, 1.82) is 0 Å². The number of aromatic nitrogens is 1. The lowest BCUT2D eigenvalue weighted by Gasteiger charge is -2.27. The van der Waals surface area contributed by atoms with E-state index in [1.165, 1.54) is 18.2 Å². The molecule has 1 aromatic heterocycles. The lowest BCUT2D eigenvalue weighted by molar-refractivity contribution is -0.274. The lowest BCUT2D eigenvalue weighted by Crippen LogP contribution is -2.49. The van der Waals surface area contributed by atoms with Gasteiger partial charge in [0.15, 0.2) is 0 Å². The second-order valence-electron chi connectivity index (χ2n) is 6.08. The van der Waals surface area contributed by atoms with Gasteiger partial charge in [-0.1, -0.05) is 12.8 Å². The molecule has 1 aliphatic carbocycles. The van der Waals surface area contributed by atoms with Gasteiger partial charge in [-0.05, 0) is 31.0 Å².